The number of amides is 1. The van der Waals surface area contributed by atoms with Crippen molar-refractivity contribution in [1.29, 1.82) is 0 Å². The first kappa shape index (κ1) is 24.6. The molecule has 2 heterocycles. The quantitative estimate of drug-likeness (QED) is 0.347. The standard InChI is InChI=1S/C27H27FN2O4S/c1-5-16-10-12-23(30-24(16)19-14-35-25-18(19)7-6-8-20(25)28)27(2,32)15-29-26(31)17-9-11-21(33-3)22(13-17)34-4/h6-14,32H,5,15H2,1-4H3,(H,29,31). The number of methoxy groups -OCH3 is 2. The molecule has 8 heteroatoms. The molecule has 2 N–H and O–H groups in total. The van der Waals surface area contributed by atoms with Crippen molar-refractivity contribution in [3.8, 4) is 22.8 Å². The largest absolute Gasteiger partial charge is 0.493 e. The summed E-state index contributed by atoms with van der Waals surface area (Å²) in [6.45, 7) is 3.57. The number of carbonyl (C=O) groups excluding carboxylic acids is 1. The van der Waals surface area contributed by atoms with Gasteiger partial charge in [-0.3, -0.25) is 4.79 Å². The molecular formula is C27H27FN2O4S. The summed E-state index contributed by atoms with van der Waals surface area (Å²) in [4.78, 5) is 17.5. The third kappa shape index (κ3) is 4.85. The van der Waals surface area contributed by atoms with Crippen LogP contribution >= 0.6 is 11.3 Å². The Morgan fingerprint density at radius 3 is 2.63 bits per heavy atom. The van der Waals surface area contributed by atoms with Gasteiger partial charge >= 0.3 is 0 Å². The van der Waals surface area contributed by atoms with E-state index in [2.05, 4.69) is 5.32 Å². The summed E-state index contributed by atoms with van der Waals surface area (Å²) in [6, 6.07) is 13.5. The number of ether oxygens (including phenoxy) is 2. The summed E-state index contributed by atoms with van der Waals surface area (Å²) in [5.74, 6) is 0.325. The van der Waals surface area contributed by atoms with Crippen LogP contribution in [0, 0.1) is 5.82 Å². The monoisotopic (exact) mass is 494 g/mol. The Morgan fingerprint density at radius 2 is 1.91 bits per heavy atom. The number of hydrogen-bond acceptors (Lipinski definition) is 6. The summed E-state index contributed by atoms with van der Waals surface area (Å²) in [5, 5.41) is 16.7. The number of nitrogens with zero attached hydrogens (tertiary/aromatic N) is 1. The molecule has 0 saturated carbocycles. The van der Waals surface area contributed by atoms with Gasteiger partial charge in [0.25, 0.3) is 5.91 Å². The number of thiophene rings is 1. The third-order valence-electron chi connectivity index (χ3n) is 5.96. The fraction of sp³-hybridized carbons (Fsp3) is 0.259. The van der Waals surface area contributed by atoms with Crippen molar-refractivity contribution in [2.24, 2.45) is 0 Å². The number of aromatic nitrogens is 1. The summed E-state index contributed by atoms with van der Waals surface area (Å²) in [7, 11) is 3.02. The maximum atomic E-state index is 14.3. The van der Waals surface area contributed by atoms with Crippen molar-refractivity contribution in [2.75, 3.05) is 20.8 Å². The maximum absolute atomic E-state index is 14.3. The van der Waals surface area contributed by atoms with Crippen LogP contribution in [-0.2, 0) is 12.0 Å². The van der Waals surface area contributed by atoms with Crippen molar-refractivity contribution in [3.05, 3.63) is 76.5 Å². The van der Waals surface area contributed by atoms with E-state index < -0.39 is 5.60 Å². The maximum Gasteiger partial charge on any atom is 0.251 e. The molecule has 0 aliphatic heterocycles. The predicted molar refractivity (Wildman–Crippen MR) is 136 cm³/mol. The number of carbonyl (C=O) groups is 1. The molecule has 0 radical (unpaired) electrons. The molecule has 182 valence electrons. The Labute approximate surface area is 207 Å². The van der Waals surface area contributed by atoms with Crippen LogP contribution in [0.25, 0.3) is 21.3 Å². The van der Waals surface area contributed by atoms with Crippen molar-refractivity contribution < 1.29 is 23.8 Å². The fourth-order valence-corrected chi connectivity index (χ4v) is 4.89. The molecule has 0 saturated heterocycles. The van der Waals surface area contributed by atoms with Gasteiger partial charge in [-0.1, -0.05) is 25.1 Å². The minimum Gasteiger partial charge on any atom is -0.493 e. The molecule has 1 amide bonds. The molecule has 0 aliphatic rings. The first-order valence-corrected chi connectivity index (χ1v) is 12.1. The van der Waals surface area contributed by atoms with E-state index in [4.69, 9.17) is 14.5 Å². The zero-order chi connectivity index (χ0) is 25.2. The fourth-order valence-electron chi connectivity index (χ4n) is 3.93. The topological polar surface area (TPSA) is 80.7 Å². The van der Waals surface area contributed by atoms with Crippen LogP contribution in [0.3, 0.4) is 0 Å². The van der Waals surface area contributed by atoms with E-state index in [1.807, 2.05) is 24.4 Å². The number of hydrogen-bond donors (Lipinski definition) is 2. The second-order valence-corrected chi connectivity index (χ2v) is 9.23. The number of aliphatic hydroxyl groups is 1. The van der Waals surface area contributed by atoms with Crippen LogP contribution in [0.15, 0.2) is 53.9 Å². The van der Waals surface area contributed by atoms with Gasteiger partial charge in [0.05, 0.1) is 36.9 Å². The molecule has 35 heavy (non-hydrogen) atoms. The summed E-state index contributed by atoms with van der Waals surface area (Å²) in [6.07, 6.45) is 0.730. The number of halogens is 1. The molecule has 2 aromatic carbocycles. The second kappa shape index (κ2) is 10.0. The predicted octanol–water partition coefficient (Wildman–Crippen LogP) is 5.32. The van der Waals surface area contributed by atoms with Gasteiger partial charge in [0.15, 0.2) is 11.5 Å². The molecule has 0 fully saturated rings. The highest BCUT2D eigenvalue weighted by Gasteiger charge is 2.27. The van der Waals surface area contributed by atoms with Gasteiger partial charge < -0.3 is 19.9 Å². The lowest BCUT2D eigenvalue weighted by atomic mass is 9.97. The van der Waals surface area contributed by atoms with Gasteiger partial charge in [-0.25, -0.2) is 9.37 Å². The van der Waals surface area contributed by atoms with Gasteiger partial charge in [-0.15, -0.1) is 11.3 Å². The number of nitrogens with one attached hydrogen (secondary N) is 1. The molecule has 4 aromatic rings. The number of fused-ring (bicyclic) bond motifs is 1. The molecule has 0 bridgehead atoms. The molecule has 6 nitrogen and oxygen atoms in total. The van der Waals surface area contributed by atoms with E-state index in [-0.39, 0.29) is 18.3 Å². The highest BCUT2D eigenvalue weighted by molar-refractivity contribution is 7.17. The Morgan fingerprint density at radius 1 is 1.14 bits per heavy atom. The first-order valence-electron chi connectivity index (χ1n) is 11.2. The molecule has 1 atom stereocenters. The van der Waals surface area contributed by atoms with Crippen molar-refractivity contribution in [1.82, 2.24) is 10.3 Å². The number of aryl methyl sites for hydroxylation is 1. The van der Waals surface area contributed by atoms with Gasteiger partial charge in [0.2, 0.25) is 0 Å². The van der Waals surface area contributed by atoms with E-state index in [0.29, 0.717) is 33.2 Å². The highest BCUT2D eigenvalue weighted by atomic mass is 32.1. The Bertz CT molecular complexity index is 1380. The average Bonchev–Trinajstić information content (AvgIpc) is 3.31. The Balaban J connectivity index is 1.61. The molecule has 1 unspecified atom stereocenters. The molecule has 0 spiro atoms. The number of rotatable bonds is 8. The van der Waals surface area contributed by atoms with Crippen LogP contribution in [0.1, 0.15) is 35.5 Å². The van der Waals surface area contributed by atoms with Crippen molar-refractivity contribution >= 4 is 27.3 Å². The summed E-state index contributed by atoms with van der Waals surface area (Å²) in [5.41, 5.74) is 1.86. The SMILES string of the molecule is CCc1ccc(C(C)(O)CNC(=O)c2ccc(OC)c(OC)c2)nc1-c1csc2c(F)cccc12. The zero-order valence-corrected chi connectivity index (χ0v) is 20.8. The van der Waals surface area contributed by atoms with Crippen molar-refractivity contribution in [2.45, 2.75) is 25.9 Å². The van der Waals surface area contributed by atoms with Crippen LogP contribution in [-0.4, -0.2) is 36.8 Å². The smallest absolute Gasteiger partial charge is 0.251 e. The first-order chi connectivity index (χ1) is 16.8. The van der Waals surface area contributed by atoms with Crippen LogP contribution < -0.4 is 14.8 Å². The lowest BCUT2D eigenvalue weighted by molar-refractivity contribution is 0.0490. The molecule has 4 rings (SSSR count). The van der Waals surface area contributed by atoms with Crippen LogP contribution in [0.5, 0.6) is 11.5 Å². The lowest BCUT2D eigenvalue weighted by Gasteiger charge is -2.24. The average molecular weight is 495 g/mol. The third-order valence-corrected chi connectivity index (χ3v) is 6.96. The van der Waals surface area contributed by atoms with E-state index in [1.165, 1.54) is 31.6 Å². The lowest BCUT2D eigenvalue weighted by Crippen LogP contribution is -2.39. The molecular weight excluding hydrogens is 467 g/mol. The highest BCUT2D eigenvalue weighted by Crippen LogP contribution is 2.37. The minimum absolute atomic E-state index is 0.0584. The van der Waals surface area contributed by atoms with E-state index >= 15 is 0 Å². The van der Waals surface area contributed by atoms with Gasteiger partial charge in [-0.05, 0) is 49.2 Å². The Kier molecular flexibility index (Phi) is 7.05. The van der Waals surface area contributed by atoms with Gasteiger partial charge in [-0.2, -0.15) is 0 Å². The van der Waals surface area contributed by atoms with Gasteiger partial charge in [0, 0.05) is 21.9 Å². The number of pyridine rings is 1. The van der Waals surface area contributed by atoms with Crippen LogP contribution in [0.4, 0.5) is 4.39 Å². The second-order valence-electron chi connectivity index (χ2n) is 8.35. The summed E-state index contributed by atoms with van der Waals surface area (Å²) >= 11 is 1.33. The summed E-state index contributed by atoms with van der Waals surface area (Å²) < 4.78 is 25.3. The Hall–Kier alpha value is -3.49. The normalized spacial score (nSPS) is 12.9. The van der Waals surface area contributed by atoms with E-state index in [9.17, 15) is 14.3 Å². The van der Waals surface area contributed by atoms with E-state index in [1.54, 1.807) is 37.3 Å². The molecule has 0 aliphatic carbocycles. The number of benzene rings is 2. The van der Waals surface area contributed by atoms with Crippen molar-refractivity contribution in [3.63, 3.8) is 0 Å². The minimum atomic E-state index is -1.44. The molecule has 2 aromatic heterocycles. The van der Waals surface area contributed by atoms with Crippen LogP contribution in [0.2, 0.25) is 0 Å². The zero-order valence-electron chi connectivity index (χ0n) is 20.0. The van der Waals surface area contributed by atoms with Gasteiger partial charge in [0.1, 0.15) is 11.4 Å². The van der Waals surface area contributed by atoms with E-state index in [0.717, 1.165) is 22.9 Å².